The first kappa shape index (κ1) is 23.8. The molecular weight excluding hydrogens is 417 g/mol. The first-order valence-electron chi connectivity index (χ1n) is 9.32. The summed E-state index contributed by atoms with van der Waals surface area (Å²) in [6, 6.07) is 10.9. The molecule has 2 aromatic carbocycles. The third-order valence-corrected chi connectivity index (χ3v) is 4.07. The van der Waals surface area contributed by atoms with E-state index in [-0.39, 0.29) is 19.6 Å². The zero-order valence-corrected chi connectivity index (χ0v) is 17.0. The lowest BCUT2D eigenvalue weighted by Crippen LogP contribution is -2.40. The van der Waals surface area contributed by atoms with E-state index >= 15 is 0 Å². The molecule has 1 atom stereocenters. The second-order valence-electron chi connectivity index (χ2n) is 6.51. The van der Waals surface area contributed by atoms with E-state index in [2.05, 4.69) is 20.1 Å². The maximum absolute atomic E-state index is 12.3. The number of halogens is 3. The molecule has 0 aliphatic carbocycles. The average molecular weight is 440 g/mol. The lowest BCUT2D eigenvalue weighted by molar-refractivity contribution is -0.274. The highest BCUT2D eigenvalue weighted by atomic mass is 19.4. The molecule has 2 amide bonds. The second-order valence-corrected chi connectivity index (χ2v) is 6.51. The molecule has 0 spiro atoms. The average Bonchev–Trinajstić information content (AvgIpc) is 2.70. The van der Waals surface area contributed by atoms with Crippen LogP contribution in [0.1, 0.15) is 23.6 Å². The first-order chi connectivity index (χ1) is 14.7. The molecule has 0 saturated carbocycles. The maximum atomic E-state index is 12.3. The third kappa shape index (κ3) is 8.85. The van der Waals surface area contributed by atoms with Crippen LogP contribution in [-0.2, 0) is 9.53 Å². The minimum atomic E-state index is -4.81. The normalized spacial score (nSPS) is 11.9. The molecule has 2 N–H and O–H groups in total. The van der Waals surface area contributed by atoms with E-state index in [0.29, 0.717) is 11.3 Å². The summed E-state index contributed by atoms with van der Waals surface area (Å²) in [7, 11) is 1.20. The van der Waals surface area contributed by atoms with Gasteiger partial charge in [0.05, 0.1) is 26.1 Å². The number of carbonyl (C=O) groups is 2. The summed E-state index contributed by atoms with van der Waals surface area (Å²) < 4.78 is 50.9. The molecular formula is C21H23F3N2O5. The molecule has 0 aliphatic rings. The van der Waals surface area contributed by atoms with Gasteiger partial charge >= 0.3 is 18.4 Å². The molecule has 7 nitrogen and oxygen atoms in total. The fourth-order valence-corrected chi connectivity index (χ4v) is 2.65. The van der Waals surface area contributed by atoms with Gasteiger partial charge in [-0.05, 0) is 42.3 Å². The number of carbonyl (C=O) groups excluding carboxylic acids is 2. The molecule has 0 aliphatic heterocycles. The van der Waals surface area contributed by atoms with Gasteiger partial charge < -0.3 is 24.8 Å². The van der Waals surface area contributed by atoms with Crippen LogP contribution in [0.25, 0.3) is 0 Å². The number of methoxy groups -OCH3 is 1. The van der Waals surface area contributed by atoms with Crippen LogP contribution < -0.4 is 20.1 Å². The number of amides is 2. The van der Waals surface area contributed by atoms with E-state index in [4.69, 9.17) is 4.74 Å². The van der Waals surface area contributed by atoms with E-state index in [1.165, 1.54) is 19.2 Å². The van der Waals surface area contributed by atoms with Crippen molar-refractivity contribution in [2.45, 2.75) is 25.7 Å². The number of hydrogen-bond donors (Lipinski definition) is 2. The van der Waals surface area contributed by atoms with Gasteiger partial charge in [0.1, 0.15) is 18.1 Å². The van der Waals surface area contributed by atoms with E-state index in [1.54, 1.807) is 6.07 Å². The summed E-state index contributed by atoms with van der Waals surface area (Å²) >= 11 is 0. The Morgan fingerprint density at radius 1 is 1.06 bits per heavy atom. The van der Waals surface area contributed by atoms with Crippen molar-refractivity contribution in [2.24, 2.45) is 0 Å². The van der Waals surface area contributed by atoms with E-state index in [1.807, 2.05) is 25.1 Å². The van der Waals surface area contributed by atoms with Crippen LogP contribution >= 0.6 is 0 Å². The number of urea groups is 1. The highest BCUT2D eigenvalue weighted by Gasteiger charge is 2.31. The predicted molar refractivity (Wildman–Crippen MR) is 106 cm³/mol. The Hall–Kier alpha value is -3.43. The first-order valence-corrected chi connectivity index (χ1v) is 9.32. The number of aryl methyl sites for hydroxylation is 1. The second kappa shape index (κ2) is 11.1. The summed E-state index contributed by atoms with van der Waals surface area (Å²) in [5.74, 6) is -0.332. The molecule has 0 heterocycles. The molecule has 2 aromatic rings. The van der Waals surface area contributed by atoms with E-state index < -0.39 is 30.2 Å². The molecule has 0 aromatic heterocycles. The minimum absolute atomic E-state index is 0.197. The van der Waals surface area contributed by atoms with Crippen LogP contribution in [0.15, 0.2) is 48.5 Å². The molecule has 2 rings (SSSR count). The molecule has 1 unspecified atom stereocenters. The Kier molecular flexibility index (Phi) is 8.53. The molecule has 0 fully saturated rings. The number of nitrogens with one attached hydrogen (secondary N) is 2. The summed E-state index contributed by atoms with van der Waals surface area (Å²) in [5, 5.41) is 5.21. The molecule has 168 valence electrons. The number of esters is 1. The number of alkyl halides is 3. The highest BCUT2D eigenvalue weighted by Crippen LogP contribution is 2.25. The van der Waals surface area contributed by atoms with Gasteiger partial charge in [0.15, 0.2) is 0 Å². The number of hydrogen-bond acceptors (Lipinski definition) is 5. The topological polar surface area (TPSA) is 85.9 Å². The molecule has 0 saturated heterocycles. The largest absolute Gasteiger partial charge is 0.573 e. The van der Waals surface area contributed by atoms with Crippen molar-refractivity contribution in [1.29, 1.82) is 0 Å². The fraction of sp³-hybridized carbons (Fsp3) is 0.333. The Morgan fingerprint density at radius 2 is 1.77 bits per heavy atom. The van der Waals surface area contributed by atoms with Crippen LogP contribution in [0.3, 0.4) is 0 Å². The Labute approximate surface area is 177 Å². The van der Waals surface area contributed by atoms with Crippen LogP contribution in [0.4, 0.5) is 18.0 Å². The zero-order valence-electron chi connectivity index (χ0n) is 17.0. The highest BCUT2D eigenvalue weighted by molar-refractivity contribution is 5.76. The van der Waals surface area contributed by atoms with Gasteiger partial charge in [-0.1, -0.05) is 24.3 Å². The SMILES string of the molecule is COC(=O)CC(NC(=O)NCCOc1cccc(C)c1)c1ccc(OC(F)(F)F)cc1. The van der Waals surface area contributed by atoms with Gasteiger partial charge in [0.25, 0.3) is 0 Å². The standard InChI is InChI=1S/C21H23F3N2O5/c1-14-4-3-5-17(12-14)30-11-10-25-20(28)26-18(13-19(27)29-2)15-6-8-16(9-7-15)31-21(22,23)24/h3-9,12,18H,10-11,13H2,1-2H3,(H2,25,26,28). The molecule has 31 heavy (non-hydrogen) atoms. The van der Waals surface area contributed by atoms with E-state index in [9.17, 15) is 22.8 Å². The van der Waals surface area contributed by atoms with Gasteiger partial charge in [-0.3, -0.25) is 4.79 Å². The van der Waals surface area contributed by atoms with Crippen molar-refractivity contribution in [1.82, 2.24) is 10.6 Å². The quantitative estimate of drug-likeness (QED) is 0.457. The molecule has 10 heteroatoms. The number of rotatable bonds is 9. The van der Waals surface area contributed by atoms with Crippen molar-refractivity contribution < 1.29 is 37.0 Å². The lowest BCUT2D eigenvalue weighted by Gasteiger charge is -2.19. The zero-order chi connectivity index (χ0) is 22.9. The summed E-state index contributed by atoms with van der Waals surface area (Å²) in [6.07, 6.45) is -5.02. The van der Waals surface area contributed by atoms with Gasteiger partial charge in [0.2, 0.25) is 0 Å². The van der Waals surface area contributed by atoms with Gasteiger partial charge in [0, 0.05) is 0 Å². The van der Waals surface area contributed by atoms with Crippen molar-refractivity contribution in [3.8, 4) is 11.5 Å². The van der Waals surface area contributed by atoms with E-state index in [0.717, 1.165) is 17.7 Å². The third-order valence-electron chi connectivity index (χ3n) is 4.07. The Bertz CT molecular complexity index is 872. The lowest BCUT2D eigenvalue weighted by atomic mass is 10.0. The monoisotopic (exact) mass is 440 g/mol. The Morgan fingerprint density at radius 3 is 2.39 bits per heavy atom. The van der Waals surface area contributed by atoms with Crippen LogP contribution in [0, 0.1) is 6.92 Å². The van der Waals surface area contributed by atoms with Gasteiger partial charge in [-0.15, -0.1) is 13.2 Å². The van der Waals surface area contributed by atoms with Crippen molar-refractivity contribution in [2.75, 3.05) is 20.3 Å². The minimum Gasteiger partial charge on any atom is -0.492 e. The molecule has 0 bridgehead atoms. The number of benzene rings is 2. The number of ether oxygens (including phenoxy) is 3. The van der Waals surface area contributed by atoms with Crippen LogP contribution in [-0.4, -0.2) is 38.6 Å². The fourth-order valence-electron chi connectivity index (χ4n) is 2.65. The predicted octanol–water partition coefficient (Wildman–Crippen LogP) is 3.88. The maximum Gasteiger partial charge on any atom is 0.573 e. The van der Waals surface area contributed by atoms with Gasteiger partial charge in [-0.2, -0.15) is 0 Å². The Balaban J connectivity index is 1.92. The summed E-state index contributed by atoms with van der Waals surface area (Å²) in [4.78, 5) is 23.9. The van der Waals surface area contributed by atoms with Crippen LogP contribution in [0.5, 0.6) is 11.5 Å². The summed E-state index contributed by atoms with van der Waals surface area (Å²) in [6.45, 7) is 2.35. The van der Waals surface area contributed by atoms with Crippen molar-refractivity contribution in [3.05, 3.63) is 59.7 Å². The van der Waals surface area contributed by atoms with Gasteiger partial charge in [-0.25, -0.2) is 4.79 Å². The van der Waals surface area contributed by atoms with Crippen LogP contribution in [0.2, 0.25) is 0 Å². The van der Waals surface area contributed by atoms with Crippen molar-refractivity contribution >= 4 is 12.0 Å². The molecule has 0 radical (unpaired) electrons. The van der Waals surface area contributed by atoms with Crippen molar-refractivity contribution in [3.63, 3.8) is 0 Å². The smallest absolute Gasteiger partial charge is 0.492 e. The summed E-state index contributed by atoms with van der Waals surface area (Å²) in [5.41, 5.74) is 1.45.